The van der Waals surface area contributed by atoms with E-state index in [1.54, 1.807) is 54.6 Å². The zero-order valence-electron chi connectivity index (χ0n) is 19.2. The molecule has 0 bridgehead atoms. The smallest absolute Gasteiger partial charge is 0.351 e. The third kappa shape index (κ3) is 8.79. The highest BCUT2D eigenvalue weighted by atomic mass is 16.6. The van der Waals surface area contributed by atoms with Gasteiger partial charge in [-0.1, -0.05) is 36.4 Å². The molecule has 2 atom stereocenters. The zero-order valence-corrected chi connectivity index (χ0v) is 19.2. The highest BCUT2D eigenvalue weighted by Crippen LogP contribution is 2.11. The molecule has 0 aromatic heterocycles. The maximum absolute atomic E-state index is 12.7. The van der Waals surface area contributed by atoms with Gasteiger partial charge in [-0.2, -0.15) is 0 Å². The molecule has 2 rings (SSSR count). The summed E-state index contributed by atoms with van der Waals surface area (Å²) in [6.45, 7) is -0.0271. The number of nitrogens with two attached hydrogens (primary N) is 2. The van der Waals surface area contributed by atoms with Crippen molar-refractivity contribution in [2.24, 2.45) is 0 Å². The lowest BCUT2D eigenvalue weighted by atomic mass is 10.1. The van der Waals surface area contributed by atoms with Gasteiger partial charge in [0.2, 0.25) is 12.0 Å². The van der Waals surface area contributed by atoms with Gasteiger partial charge in [0.25, 0.3) is 0 Å². The normalized spacial score (nSPS) is 12.9. The van der Waals surface area contributed by atoms with Crippen LogP contribution >= 0.6 is 0 Å². The first-order valence-corrected chi connectivity index (χ1v) is 10.6. The van der Waals surface area contributed by atoms with Crippen molar-refractivity contribution in [3.8, 4) is 0 Å². The summed E-state index contributed by atoms with van der Waals surface area (Å²) in [7, 11) is 2.99. The Morgan fingerprint density at radius 2 is 1.44 bits per heavy atom. The molecule has 0 aliphatic carbocycles. The van der Waals surface area contributed by atoms with Gasteiger partial charge in [-0.3, -0.25) is 9.59 Å². The summed E-state index contributed by atoms with van der Waals surface area (Å²) < 4.78 is 10.7. The summed E-state index contributed by atoms with van der Waals surface area (Å²) >= 11 is 0. The second-order valence-electron chi connectivity index (χ2n) is 7.30. The van der Waals surface area contributed by atoms with Crippen molar-refractivity contribution >= 4 is 41.4 Å². The van der Waals surface area contributed by atoms with Gasteiger partial charge < -0.3 is 31.6 Å². The number of ether oxygens (including phenoxy) is 2. The molecule has 9 nitrogen and oxygen atoms in total. The van der Waals surface area contributed by atoms with Gasteiger partial charge in [0.15, 0.2) is 0 Å². The summed E-state index contributed by atoms with van der Waals surface area (Å²) in [6, 6.07) is 13.2. The molecule has 2 unspecified atom stereocenters. The lowest BCUT2D eigenvalue weighted by molar-refractivity contribution is -0.165. The Bertz CT molecular complexity index is 1020. The monoisotopic (exact) mass is 466 g/mol. The molecular weight excluding hydrogens is 436 g/mol. The van der Waals surface area contributed by atoms with Crippen LogP contribution in [-0.2, 0) is 23.9 Å². The van der Waals surface area contributed by atoms with E-state index in [4.69, 9.17) is 20.9 Å². The van der Waals surface area contributed by atoms with Crippen LogP contribution in [0.4, 0.5) is 11.4 Å². The van der Waals surface area contributed by atoms with E-state index < -0.39 is 24.1 Å². The lowest BCUT2D eigenvalue weighted by Gasteiger charge is -2.18. The Kier molecular flexibility index (Phi) is 10.3. The van der Waals surface area contributed by atoms with Crippen molar-refractivity contribution in [3.63, 3.8) is 0 Å². The van der Waals surface area contributed by atoms with Crippen LogP contribution in [0.1, 0.15) is 17.5 Å². The summed E-state index contributed by atoms with van der Waals surface area (Å²) in [6.07, 6.45) is 5.03. The topological polar surface area (TPSA) is 146 Å². The van der Waals surface area contributed by atoms with Crippen molar-refractivity contribution < 1.29 is 23.9 Å². The molecular formula is C25H30N4O5. The van der Waals surface area contributed by atoms with Crippen LogP contribution in [0.25, 0.3) is 12.2 Å². The number of carbonyl (C=O) groups is 3. The van der Waals surface area contributed by atoms with Gasteiger partial charge >= 0.3 is 11.9 Å². The van der Waals surface area contributed by atoms with Crippen LogP contribution < -0.4 is 22.1 Å². The summed E-state index contributed by atoms with van der Waals surface area (Å²) in [5.41, 5.74) is 14.2. The van der Waals surface area contributed by atoms with E-state index in [9.17, 15) is 14.4 Å². The van der Waals surface area contributed by atoms with Gasteiger partial charge in [0.1, 0.15) is 12.6 Å². The molecule has 1 amide bonds. The minimum Gasteiger partial charge on any atom is -0.458 e. The maximum Gasteiger partial charge on any atom is 0.351 e. The largest absolute Gasteiger partial charge is 0.458 e. The Morgan fingerprint density at radius 3 is 1.97 bits per heavy atom. The number of likely N-dealkylation sites (N-methyl/N-ethyl adjacent to an activating group) is 1. The summed E-state index contributed by atoms with van der Waals surface area (Å²) in [5.74, 6) is -1.86. The zero-order chi connectivity index (χ0) is 24.9. The lowest BCUT2D eigenvalue weighted by Crippen LogP contribution is -2.42. The quantitative estimate of drug-likeness (QED) is 0.289. The number of benzene rings is 2. The van der Waals surface area contributed by atoms with E-state index in [1.165, 1.54) is 20.2 Å². The number of rotatable bonds is 11. The fourth-order valence-corrected chi connectivity index (χ4v) is 2.77. The fourth-order valence-electron chi connectivity index (χ4n) is 2.77. The molecule has 2 aromatic rings. The number of hydrogen-bond acceptors (Lipinski definition) is 8. The molecule has 0 fully saturated rings. The Morgan fingerprint density at radius 1 is 0.882 bits per heavy atom. The van der Waals surface area contributed by atoms with Gasteiger partial charge in [-0.25, -0.2) is 4.79 Å². The van der Waals surface area contributed by atoms with E-state index >= 15 is 0 Å². The van der Waals surface area contributed by atoms with Crippen LogP contribution in [0, 0.1) is 0 Å². The predicted molar refractivity (Wildman–Crippen MR) is 132 cm³/mol. The predicted octanol–water partition coefficient (Wildman–Crippen LogP) is 1.76. The second-order valence-corrected chi connectivity index (χ2v) is 7.30. The highest BCUT2D eigenvalue weighted by Gasteiger charge is 2.27. The van der Waals surface area contributed by atoms with Crippen molar-refractivity contribution in [1.29, 1.82) is 0 Å². The molecule has 6 N–H and O–H groups in total. The van der Waals surface area contributed by atoms with Gasteiger partial charge in [-0.15, -0.1) is 0 Å². The average Bonchev–Trinajstić information content (AvgIpc) is 2.84. The van der Waals surface area contributed by atoms with E-state index in [2.05, 4.69) is 10.6 Å². The van der Waals surface area contributed by atoms with Crippen LogP contribution in [-0.4, -0.2) is 50.7 Å². The Hall–Kier alpha value is -4.11. The average molecular weight is 467 g/mol. The molecule has 0 aliphatic heterocycles. The van der Waals surface area contributed by atoms with E-state index in [-0.39, 0.29) is 18.9 Å². The first-order chi connectivity index (χ1) is 16.3. The van der Waals surface area contributed by atoms with Crippen molar-refractivity contribution in [3.05, 3.63) is 71.8 Å². The van der Waals surface area contributed by atoms with Crippen LogP contribution in [0.2, 0.25) is 0 Å². The first kappa shape index (κ1) is 26.1. The first-order valence-electron chi connectivity index (χ1n) is 10.6. The third-order valence-electron chi connectivity index (χ3n) is 4.75. The van der Waals surface area contributed by atoms with E-state index in [0.29, 0.717) is 11.4 Å². The molecule has 0 spiro atoms. The highest BCUT2D eigenvalue weighted by molar-refractivity contribution is 5.88. The van der Waals surface area contributed by atoms with Crippen molar-refractivity contribution in [2.75, 3.05) is 32.2 Å². The summed E-state index contributed by atoms with van der Waals surface area (Å²) in [4.78, 5) is 36.9. The Labute approximate surface area is 198 Å². The Balaban J connectivity index is 2.08. The molecule has 0 aliphatic rings. The van der Waals surface area contributed by atoms with E-state index in [1.807, 2.05) is 12.1 Å². The minimum atomic E-state index is -1.31. The third-order valence-corrected chi connectivity index (χ3v) is 4.75. The molecule has 9 heteroatoms. The number of esters is 2. The number of nitrogens with one attached hydrogen (secondary N) is 2. The van der Waals surface area contributed by atoms with Gasteiger partial charge in [0, 0.05) is 18.4 Å². The standard InChI is InChI=1S/C25H30N4O5/c1-28-21(16-23(30)29-2)24(31)34-22(14-9-18-7-12-20(27)13-8-18)25(32)33-15-3-4-17-5-10-19(26)11-6-17/h3-14,21-22,28H,15-16,26-27H2,1-2H3,(H,29,30)/b4-3+,14-9+. The summed E-state index contributed by atoms with van der Waals surface area (Å²) in [5, 5.41) is 5.17. The van der Waals surface area contributed by atoms with Crippen LogP contribution in [0.15, 0.2) is 60.7 Å². The molecule has 0 saturated carbocycles. The second kappa shape index (κ2) is 13.4. The molecule has 0 saturated heterocycles. The number of anilines is 2. The van der Waals surface area contributed by atoms with Crippen LogP contribution in [0.5, 0.6) is 0 Å². The molecule has 0 heterocycles. The number of amides is 1. The maximum atomic E-state index is 12.7. The van der Waals surface area contributed by atoms with Crippen molar-refractivity contribution in [1.82, 2.24) is 10.6 Å². The van der Waals surface area contributed by atoms with E-state index in [0.717, 1.165) is 11.1 Å². The fraction of sp³-hybridized carbons (Fsp3) is 0.240. The number of nitrogen functional groups attached to an aromatic ring is 2. The SMILES string of the molecule is CNC(=O)CC(NC)C(=O)OC(/C=C/c1ccc(N)cc1)C(=O)OC/C=C/c1ccc(N)cc1. The molecule has 2 aromatic carbocycles. The van der Waals surface area contributed by atoms with Crippen LogP contribution in [0.3, 0.4) is 0 Å². The number of hydrogen-bond donors (Lipinski definition) is 4. The number of carbonyl (C=O) groups excluding carboxylic acids is 3. The molecule has 0 radical (unpaired) electrons. The molecule has 34 heavy (non-hydrogen) atoms. The van der Waals surface area contributed by atoms with Gasteiger partial charge in [0.05, 0.1) is 6.42 Å². The van der Waals surface area contributed by atoms with Gasteiger partial charge in [-0.05, 0) is 54.6 Å². The minimum absolute atomic E-state index is 0.0271. The van der Waals surface area contributed by atoms with Crippen molar-refractivity contribution in [2.45, 2.75) is 18.6 Å². The molecule has 180 valence electrons.